The van der Waals surface area contributed by atoms with Gasteiger partial charge in [0.25, 0.3) is 5.78 Å². The Labute approximate surface area is 180 Å². The summed E-state index contributed by atoms with van der Waals surface area (Å²) in [6.07, 6.45) is 3.65. The highest BCUT2D eigenvalue weighted by molar-refractivity contribution is 7.98. The Hall–Kier alpha value is -2.20. The predicted octanol–water partition coefficient (Wildman–Crippen LogP) is 1.10. The number of carbonyl (C=O) groups is 2. The molecular formula is C20H28N6O3S. The number of thioether (sulfide) groups is 1. The number of carbonyl (C=O) groups excluding carboxylic acids is 2. The van der Waals surface area contributed by atoms with Crippen molar-refractivity contribution < 1.29 is 14.3 Å². The fourth-order valence-corrected chi connectivity index (χ4v) is 4.55. The van der Waals surface area contributed by atoms with E-state index < -0.39 is 0 Å². The molecular weight excluding hydrogens is 404 g/mol. The fraction of sp³-hybridized carbons (Fsp3) is 0.650. The van der Waals surface area contributed by atoms with Crippen LogP contribution in [0.1, 0.15) is 29.8 Å². The van der Waals surface area contributed by atoms with Gasteiger partial charge in [-0.25, -0.2) is 9.50 Å². The first-order valence-corrected chi connectivity index (χ1v) is 11.6. The highest BCUT2D eigenvalue weighted by atomic mass is 32.2. The smallest absolute Gasteiger partial charge is 0.253 e. The minimum Gasteiger partial charge on any atom is -0.378 e. The number of nitrogens with zero attached hydrogens (tertiary/aromatic N) is 6. The third-order valence-corrected chi connectivity index (χ3v) is 6.60. The highest BCUT2D eigenvalue weighted by Gasteiger charge is 2.31. The average Bonchev–Trinajstić information content (AvgIpc) is 3.20. The third kappa shape index (κ3) is 4.15. The van der Waals surface area contributed by atoms with Gasteiger partial charge in [0.05, 0.1) is 19.6 Å². The second-order valence-corrected chi connectivity index (χ2v) is 8.61. The maximum Gasteiger partial charge on any atom is 0.253 e. The molecule has 0 atom stereocenters. The van der Waals surface area contributed by atoms with E-state index in [1.54, 1.807) is 4.52 Å². The van der Waals surface area contributed by atoms with Crippen LogP contribution in [0.3, 0.4) is 0 Å². The molecule has 4 rings (SSSR count). The Morgan fingerprint density at radius 3 is 2.43 bits per heavy atom. The number of aryl methyl sites for hydroxylation is 2. The fourth-order valence-electron chi connectivity index (χ4n) is 4.21. The van der Waals surface area contributed by atoms with Crippen LogP contribution in [0.15, 0.2) is 5.16 Å². The number of piperidine rings is 1. The maximum absolute atomic E-state index is 13.0. The minimum absolute atomic E-state index is 0.00810. The third-order valence-electron chi connectivity index (χ3n) is 6.06. The van der Waals surface area contributed by atoms with Crippen LogP contribution in [0.25, 0.3) is 5.78 Å². The van der Waals surface area contributed by atoms with Crippen LogP contribution in [-0.2, 0) is 20.7 Å². The second-order valence-electron chi connectivity index (χ2n) is 7.84. The Morgan fingerprint density at radius 1 is 1.07 bits per heavy atom. The van der Waals surface area contributed by atoms with Gasteiger partial charge in [-0.1, -0.05) is 11.8 Å². The predicted molar refractivity (Wildman–Crippen MR) is 112 cm³/mol. The van der Waals surface area contributed by atoms with Gasteiger partial charge in [-0.05, 0) is 32.9 Å². The van der Waals surface area contributed by atoms with E-state index in [0.29, 0.717) is 50.3 Å². The number of amides is 2. The summed E-state index contributed by atoms with van der Waals surface area (Å²) >= 11 is 1.47. The SMILES string of the molecule is CSc1nc2nc(C)c(CC(=O)N3CCC(C(=O)N4CCOCC4)CC3)c(C)n2n1. The van der Waals surface area contributed by atoms with E-state index in [0.717, 1.165) is 29.8 Å². The van der Waals surface area contributed by atoms with E-state index in [2.05, 4.69) is 15.1 Å². The van der Waals surface area contributed by atoms with E-state index in [-0.39, 0.29) is 24.2 Å². The number of hydrogen-bond donors (Lipinski definition) is 0. The largest absolute Gasteiger partial charge is 0.378 e. The molecule has 0 radical (unpaired) electrons. The number of rotatable bonds is 4. The molecule has 30 heavy (non-hydrogen) atoms. The normalized spacial score (nSPS) is 18.2. The molecule has 0 N–H and O–H groups in total. The molecule has 2 aliphatic rings. The Balaban J connectivity index is 1.40. The van der Waals surface area contributed by atoms with E-state index >= 15 is 0 Å². The van der Waals surface area contributed by atoms with Crippen molar-refractivity contribution in [2.75, 3.05) is 45.6 Å². The molecule has 162 valence electrons. The first-order chi connectivity index (χ1) is 14.5. The summed E-state index contributed by atoms with van der Waals surface area (Å²) in [7, 11) is 0. The topological polar surface area (TPSA) is 92.9 Å². The van der Waals surface area contributed by atoms with Crippen LogP contribution in [0, 0.1) is 19.8 Å². The molecule has 2 aliphatic heterocycles. The van der Waals surface area contributed by atoms with Crippen molar-refractivity contribution in [1.82, 2.24) is 29.4 Å². The minimum atomic E-state index is 0.00810. The number of hydrogen-bond acceptors (Lipinski definition) is 7. The van der Waals surface area contributed by atoms with Crippen LogP contribution >= 0.6 is 11.8 Å². The summed E-state index contributed by atoms with van der Waals surface area (Å²) in [4.78, 5) is 38.4. The van der Waals surface area contributed by atoms with E-state index in [1.165, 1.54) is 11.8 Å². The van der Waals surface area contributed by atoms with Gasteiger partial charge < -0.3 is 14.5 Å². The lowest BCUT2D eigenvalue weighted by Crippen LogP contribution is -2.47. The van der Waals surface area contributed by atoms with Gasteiger partial charge in [0, 0.05) is 49.0 Å². The van der Waals surface area contributed by atoms with Crippen molar-refractivity contribution in [2.24, 2.45) is 5.92 Å². The molecule has 9 nitrogen and oxygen atoms in total. The van der Waals surface area contributed by atoms with Gasteiger partial charge in [0.1, 0.15) is 0 Å². The van der Waals surface area contributed by atoms with Crippen molar-refractivity contribution in [3.8, 4) is 0 Å². The van der Waals surface area contributed by atoms with Crippen LogP contribution < -0.4 is 0 Å². The molecule has 2 fully saturated rings. The molecule has 4 heterocycles. The van der Waals surface area contributed by atoms with Crippen molar-refractivity contribution in [1.29, 1.82) is 0 Å². The number of likely N-dealkylation sites (tertiary alicyclic amines) is 1. The Kier molecular flexibility index (Phi) is 6.24. The van der Waals surface area contributed by atoms with Gasteiger partial charge in [-0.3, -0.25) is 9.59 Å². The first kappa shape index (κ1) is 21.0. The van der Waals surface area contributed by atoms with Crippen LogP contribution in [0.2, 0.25) is 0 Å². The molecule has 2 amide bonds. The molecule has 0 bridgehead atoms. The number of ether oxygens (including phenoxy) is 1. The quantitative estimate of drug-likeness (QED) is 0.668. The van der Waals surface area contributed by atoms with Gasteiger partial charge in [0.15, 0.2) is 0 Å². The van der Waals surface area contributed by atoms with Gasteiger partial charge in [0.2, 0.25) is 17.0 Å². The molecule has 0 saturated carbocycles. The maximum atomic E-state index is 13.0. The summed E-state index contributed by atoms with van der Waals surface area (Å²) in [6.45, 7) is 7.68. The van der Waals surface area contributed by atoms with Gasteiger partial charge in [-0.2, -0.15) is 4.98 Å². The molecule has 0 unspecified atom stereocenters. The average molecular weight is 433 g/mol. The van der Waals surface area contributed by atoms with Gasteiger partial charge in [-0.15, -0.1) is 5.10 Å². The van der Waals surface area contributed by atoms with E-state index in [9.17, 15) is 9.59 Å². The van der Waals surface area contributed by atoms with Crippen molar-refractivity contribution in [3.63, 3.8) is 0 Å². The Bertz CT molecular complexity index is 948. The number of fused-ring (bicyclic) bond motifs is 1. The molecule has 0 spiro atoms. The summed E-state index contributed by atoms with van der Waals surface area (Å²) in [5.74, 6) is 0.856. The molecule has 2 saturated heterocycles. The van der Waals surface area contributed by atoms with Gasteiger partial charge >= 0.3 is 0 Å². The molecule has 2 aromatic rings. The van der Waals surface area contributed by atoms with Crippen molar-refractivity contribution >= 4 is 29.4 Å². The zero-order valence-electron chi connectivity index (χ0n) is 17.8. The summed E-state index contributed by atoms with van der Waals surface area (Å²) < 4.78 is 7.05. The number of aromatic nitrogens is 4. The Morgan fingerprint density at radius 2 is 1.77 bits per heavy atom. The van der Waals surface area contributed by atoms with Crippen LogP contribution in [-0.4, -0.2) is 86.8 Å². The van der Waals surface area contributed by atoms with Crippen molar-refractivity contribution in [2.45, 2.75) is 38.3 Å². The van der Waals surface area contributed by atoms with Crippen LogP contribution in [0.4, 0.5) is 0 Å². The zero-order valence-corrected chi connectivity index (χ0v) is 18.6. The molecule has 10 heteroatoms. The number of morpholine rings is 1. The summed E-state index contributed by atoms with van der Waals surface area (Å²) in [6, 6.07) is 0. The highest BCUT2D eigenvalue weighted by Crippen LogP contribution is 2.22. The molecule has 0 aliphatic carbocycles. The monoisotopic (exact) mass is 432 g/mol. The van der Waals surface area contributed by atoms with E-state index in [1.807, 2.05) is 29.9 Å². The molecule has 2 aromatic heterocycles. The van der Waals surface area contributed by atoms with Crippen LogP contribution in [0.5, 0.6) is 0 Å². The zero-order chi connectivity index (χ0) is 21.3. The lowest BCUT2D eigenvalue weighted by atomic mass is 9.94. The van der Waals surface area contributed by atoms with Crippen molar-refractivity contribution in [3.05, 3.63) is 17.0 Å². The lowest BCUT2D eigenvalue weighted by molar-refractivity contribution is -0.143. The summed E-state index contributed by atoms with van der Waals surface area (Å²) in [5.41, 5.74) is 2.61. The molecule has 0 aromatic carbocycles. The summed E-state index contributed by atoms with van der Waals surface area (Å²) in [5, 5.41) is 5.12. The standard InChI is InChI=1S/C20H28N6O3S/c1-13-16(14(2)26-19(21-13)22-20(23-26)30-3)12-17(27)24-6-4-15(5-7-24)18(28)25-8-10-29-11-9-25/h15H,4-12H2,1-3H3. The second kappa shape index (κ2) is 8.89. The lowest BCUT2D eigenvalue weighted by Gasteiger charge is -2.35. The first-order valence-electron chi connectivity index (χ1n) is 10.4. The van der Waals surface area contributed by atoms with E-state index in [4.69, 9.17) is 4.74 Å².